The molecular formula is C36H47N3O8S2. The van der Waals surface area contributed by atoms with Gasteiger partial charge in [-0.3, -0.25) is 0 Å². The molecule has 2 unspecified atom stereocenters. The highest BCUT2D eigenvalue weighted by atomic mass is 32.2. The zero-order valence-electron chi connectivity index (χ0n) is 28.1. The van der Waals surface area contributed by atoms with E-state index in [2.05, 4.69) is 5.32 Å². The Morgan fingerprint density at radius 2 is 1.71 bits per heavy atom. The molecule has 1 saturated carbocycles. The van der Waals surface area contributed by atoms with Gasteiger partial charge in [0, 0.05) is 32.2 Å². The number of piperidine rings is 1. The largest absolute Gasteiger partial charge is 0.491 e. The van der Waals surface area contributed by atoms with E-state index in [0.717, 1.165) is 16.7 Å². The number of rotatable bonds is 14. The number of benzene rings is 3. The summed E-state index contributed by atoms with van der Waals surface area (Å²) in [6.45, 7) is 5.55. The van der Waals surface area contributed by atoms with Gasteiger partial charge in [-0.2, -0.15) is 4.31 Å². The van der Waals surface area contributed by atoms with Gasteiger partial charge in [-0.05, 0) is 93.0 Å². The van der Waals surface area contributed by atoms with E-state index < -0.39 is 31.6 Å². The molecule has 0 amide bonds. The number of nitrogens with zero attached hydrogens (tertiary/aromatic N) is 1. The predicted octanol–water partition coefficient (Wildman–Crippen LogP) is 3.88. The number of hydrogen-bond acceptors (Lipinski definition) is 10. The van der Waals surface area contributed by atoms with Crippen LogP contribution in [0.5, 0.6) is 11.5 Å². The molecule has 3 fully saturated rings. The molecule has 49 heavy (non-hydrogen) atoms. The van der Waals surface area contributed by atoms with Crippen molar-refractivity contribution in [3.8, 4) is 22.6 Å². The molecule has 6 rings (SSSR count). The van der Waals surface area contributed by atoms with E-state index in [1.54, 1.807) is 30.3 Å². The van der Waals surface area contributed by atoms with E-state index in [4.69, 9.17) is 19.9 Å². The molecule has 2 saturated heterocycles. The van der Waals surface area contributed by atoms with Gasteiger partial charge in [0.2, 0.25) is 10.0 Å². The predicted molar refractivity (Wildman–Crippen MR) is 187 cm³/mol. The summed E-state index contributed by atoms with van der Waals surface area (Å²) in [7, 11) is -7.19. The molecule has 13 heteroatoms. The van der Waals surface area contributed by atoms with Gasteiger partial charge in [0.25, 0.3) is 0 Å². The Kier molecular flexibility index (Phi) is 10.7. The van der Waals surface area contributed by atoms with Crippen molar-refractivity contribution < 1.29 is 36.2 Å². The summed E-state index contributed by atoms with van der Waals surface area (Å²) in [5.74, 6) is 0.735. The fraction of sp³-hybridized carbons (Fsp3) is 0.500. The third-order valence-corrected chi connectivity index (χ3v) is 13.7. The minimum atomic E-state index is -3.87. The lowest BCUT2D eigenvalue weighted by molar-refractivity contribution is -0.0312. The summed E-state index contributed by atoms with van der Waals surface area (Å²) in [6.07, 6.45) is 2.17. The molecule has 3 aliphatic rings. The van der Waals surface area contributed by atoms with Crippen molar-refractivity contribution in [3.63, 3.8) is 0 Å². The Morgan fingerprint density at radius 3 is 2.39 bits per heavy atom. The van der Waals surface area contributed by atoms with E-state index in [9.17, 15) is 21.9 Å². The number of sulfone groups is 1. The maximum atomic E-state index is 14.1. The number of hydrogen-bond donors (Lipinski definition) is 3. The SMILES string of the molecule is CC(C)Oc1ccc(-c2ccc(CN)cc2)cc1S(=O)(=O)N1CCC2(CC1)CC(NCC(O)COc1cccc(S(=O)(=O)C3CC3)c1)CO2. The lowest BCUT2D eigenvalue weighted by Gasteiger charge is -2.38. The van der Waals surface area contributed by atoms with Crippen LogP contribution in [0, 0.1) is 0 Å². The Labute approximate surface area is 289 Å². The zero-order valence-corrected chi connectivity index (χ0v) is 29.7. The first-order chi connectivity index (χ1) is 23.4. The van der Waals surface area contributed by atoms with E-state index in [-0.39, 0.29) is 40.3 Å². The molecule has 0 aromatic heterocycles. The van der Waals surface area contributed by atoms with Crippen LogP contribution in [-0.2, 0) is 31.1 Å². The minimum Gasteiger partial charge on any atom is -0.491 e. The highest BCUT2D eigenvalue weighted by Gasteiger charge is 2.45. The normalized spacial score (nSPS) is 20.5. The van der Waals surface area contributed by atoms with Crippen LogP contribution in [0.3, 0.4) is 0 Å². The fourth-order valence-corrected chi connectivity index (χ4v) is 9.81. The zero-order chi connectivity index (χ0) is 34.8. The third-order valence-electron chi connectivity index (χ3n) is 9.47. The minimum absolute atomic E-state index is 0.00166. The Bertz CT molecular complexity index is 1820. The molecule has 4 N–H and O–H groups in total. The summed E-state index contributed by atoms with van der Waals surface area (Å²) in [5.41, 5.74) is 7.98. The maximum Gasteiger partial charge on any atom is 0.246 e. The Hall–Kier alpha value is -3.04. The highest BCUT2D eigenvalue weighted by Crippen LogP contribution is 2.40. The lowest BCUT2D eigenvalue weighted by Crippen LogP contribution is -2.47. The van der Waals surface area contributed by atoms with Gasteiger partial charge in [-0.1, -0.05) is 36.4 Å². The summed E-state index contributed by atoms with van der Waals surface area (Å²) in [6, 6.07) is 19.5. The van der Waals surface area contributed by atoms with Crippen molar-refractivity contribution in [1.82, 2.24) is 9.62 Å². The average molecular weight is 714 g/mol. The van der Waals surface area contributed by atoms with E-state index in [1.165, 1.54) is 10.4 Å². The smallest absolute Gasteiger partial charge is 0.246 e. The third kappa shape index (κ3) is 8.30. The maximum absolute atomic E-state index is 14.1. The average Bonchev–Trinajstić information content (AvgIpc) is 3.89. The molecule has 11 nitrogen and oxygen atoms in total. The van der Waals surface area contributed by atoms with Crippen LogP contribution in [0.25, 0.3) is 11.1 Å². The molecule has 1 aliphatic carbocycles. The van der Waals surface area contributed by atoms with Crippen LogP contribution >= 0.6 is 0 Å². The number of aliphatic hydroxyl groups is 1. The molecule has 0 radical (unpaired) electrons. The monoisotopic (exact) mass is 713 g/mol. The number of nitrogens with two attached hydrogens (primary N) is 1. The van der Waals surface area contributed by atoms with Crippen molar-refractivity contribution in [2.75, 3.05) is 32.8 Å². The summed E-state index contributed by atoms with van der Waals surface area (Å²) in [4.78, 5) is 0.399. The highest BCUT2D eigenvalue weighted by molar-refractivity contribution is 7.92. The first-order valence-electron chi connectivity index (χ1n) is 17.0. The van der Waals surface area contributed by atoms with Crippen LogP contribution in [0.15, 0.2) is 76.5 Å². The van der Waals surface area contributed by atoms with Crippen LogP contribution in [-0.4, -0.2) is 88.2 Å². The summed E-state index contributed by atoms with van der Waals surface area (Å²) >= 11 is 0. The van der Waals surface area contributed by atoms with Crippen molar-refractivity contribution in [2.24, 2.45) is 5.73 Å². The summed E-state index contributed by atoms with van der Waals surface area (Å²) in [5, 5.41) is 13.7. The van der Waals surface area contributed by atoms with Crippen molar-refractivity contribution >= 4 is 19.9 Å². The molecule has 3 aromatic rings. The van der Waals surface area contributed by atoms with Crippen LogP contribution in [0.1, 0.15) is 51.5 Å². The van der Waals surface area contributed by atoms with Gasteiger partial charge < -0.3 is 30.4 Å². The van der Waals surface area contributed by atoms with Crippen molar-refractivity contribution in [2.45, 2.75) is 91.4 Å². The molecule has 1 spiro atoms. The molecule has 0 bridgehead atoms. The van der Waals surface area contributed by atoms with E-state index in [0.29, 0.717) is 69.8 Å². The molecule has 266 valence electrons. The second-order valence-electron chi connectivity index (χ2n) is 13.6. The van der Waals surface area contributed by atoms with Gasteiger partial charge >= 0.3 is 0 Å². The number of nitrogens with one attached hydrogen (secondary N) is 1. The molecular weight excluding hydrogens is 667 g/mol. The topological polar surface area (TPSA) is 157 Å². The number of sulfonamides is 1. The van der Waals surface area contributed by atoms with Crippen LogP contribution in [0.4, 0.5) is 0 Å². The standard InChI is InChI=1S/C36H47N3O8S2/c1-25(2)47-34-13-10-28(27-8-6-26(21-37)7-9-27)18-35(34)49(43,44)39-16-14-36(15-17-39)20-29(23-46-36)38-22-30(40)24-45-31-4-3-5-33(19-31)48(41,42)32-11-12-32/h3-10,13,18-19,25,29-30,32,38,40H,11-12,14-17,20-24,37H2,1-2H3. The van der Waals surface area contributed by atoms with Gasteiger partial charge in [-0.15, -0.1) is 0 Å². The second-order valence-corrected chi connectivity index (χ2v) is 17.8. The van der Waals surface area contributed by atoms with Crippen LogP contribution < -0.4 is 20.5 Å². The molecule has 2 atom stereocenters. The van der Waals surface area contributed by atoms with E-state index in [1.807, 2.05) is 44.2 Å². The lowest BCUT2D eigenvalue weighted by atomic mass is 9.88. The van der Waals surface area contributed by atoms with Gasteiger partial charge in [0.05, 0.1) is 28.5 Å². The van der Waals surface area contributed by atoms with Crippen molar-refractivity contribution in [3.05, 3.63) is 72.3 Å². The van der Waals surface area contributed by atoms with Gasteiger partial charge in [0.1, 0.15) is 29.1 Å². The number of ether oxygens (including phenoxy) is 3. The van der Waals surface area contributed by atoms with Crippen LogP contribution in [0.2, 0.25) is 0 Å². The first kappa shape index (κ1) is 35.8. The fourth-order valence-electron chi connectivity index (χ4n) is 6.54. The summed E-state index contributed by atoms with van der Waals surface area (Å²) < 4.78 is 72.8. The number of aliphatic hydroxyl groups excluding tert-OH is 1. The Balaban J connectivity index is 1.03. The molecule has 2 aliphatic heterocycles. The molecule has 3 aromatic carbocycles. The van der Waals surface area contributed by atoms with E-state index >= 15 is 0 Å². The quantitative estimate of drug-likeness (QED) is 0.224. The Morgan fingerprint density at radius 1 is 1.00 bits per heavy atom. The second kappa shape index (κ2) is 14.7. The van der Waals surface area contributed by atoms with Gasteiger partial charge in [0.15, 0.2) is 9.84 Å². The van der Waals surface area contributed by atoms with Crippen molar-refractivity contribution in [1.29, 1.82) is 0 Å². The van der Waals surface area contributed by atoms with Gasteiger partial charge in [-0.25, -0.2) is 16.8 Å². The first-order valence-corrected chi connectivity index (χ1v) is 20.0. The molecule has 2 heterocycles.